The summed E-state index contributed by atoms with van der Waals surface area (Å²) in [5, 5.41) is 2.96. The van der Waals surface area contributed by atoms with E-state index < -0.39 is 0 Å². The first kappa shape index (κ1) is 17.6. The average molecular weight is 327 g/mol. The van der Waals surface area contributed by atoms with Crippen LogP contribution in [0.25, 0.3) is 0 Å². The molecule has 0 heterocycles. The Hall–Kier alpha value is -1.74. The van der Waals surface area contributed by atoms with Crippen molar-refractivity contribution in [1.29, 1.82) is 0 Å². The van der Waals surface area contributed by atoms with Crippen molar-refractivity contribution in [2.75, 3.05) is 5.32 Å². The van der Waals surface area contributed by atoms with Gasteiger partial charge in [-0.2, -0.15) is 0 Å². The summed E-state index contributed by atoms with van der Waals surface area (Å²) < 4.78 is -0.0323. The molecule has 0 bridgehead atoms. The van der Waals surface area contributed by atoms with Gasteiger partial charge in [-0.15, -0.1) is 0 Å². The number of amides is 1. The molecule has 2 aromatic carbocycles. The number of aryl methyl sites for hydroxylation is 1. The fourth-order valence-corrected chi connectivity index (χ4v) is 2.93. The summed E-state index contributed by atoms with van der Waals surface area (Å²) in [6.07, 6.45) is 1.87. The van der Waals surface area contributed by atoms with Crippen molar-refractivity contribution in [2.45, 2.75) is 45.3 Å². The third kappa shape index (κ3) is 5.76. The number of hydrogen-bond donors (Lipinski definition) is 1. The van der Waals surface area contributed by atoms with Gasteiger partial charge in [-0.25, -0.2) is 0 Å². The van der Waals surface area contributed by atoms with E-state index in [0.29, 0.717) is 0 Å². The molecular weight excluding hydrogens is 302 g/mol. The Morgan fingerprint density at radius 3 is 2.04 bits per heavy atom. The van der Waals surface area contributed by atoms with Gasteiger partial charge in [-0.05, 0) is 43.0 Å². The predicted octanol–water partition coefficient (Wildman–Crippen LogP) is 6.04. The summed E-state index contributed by atoms with van der Waals surface area (Å²) in [6.45, 7) is 8.36. The molecular formula is C20H25NOS. The Bertz CT molecular complexity index is 644. The fourth-order valence-electron chi connectivity index (χ4n) is 2.11. The number of thioether (sulfide) groups is 1. The number of hydrogen-bond acceptors (Lipinski definition) is 2. The van der Waals surface area contributed by atoms with E-state index in [0.717, 1.165) is 18.5 Å². The maximum atomic E-state index is 12.0. The highest BCUT2D eigenvalue weighted by Gasteiger charge is 2.20. The minimum absolute atomic E-state index is 0.00290. The molecule has 0 aliphatic rings. The first-order valence-electron chi connectivity index (χ1n) is 8.02. The number of benzene rings is 2. The van der Waals surface area contributed by atoms with E-state index in [4.69, 9.17) is 0 Å². The predicted molar refractivity (Wildman–Crippen MR) is 101 cm³/mol. The summed E-state index contributed by atoms with van der Waals surface area (Å²) >= 11 is 1.35. The van der Waals surface area contributed by atoms with Crippen LogP contribution in [0.3, 0.4) is 0 Å². The standard InChI is InChI=1S/C20H25NOS/c1-5-20(3,4)23-19(22)21-18-12-10-17(11-13-18)14-16-8-6-15(2)7-9-16/h6-13H,5,14H2,1-4H3,(H,21,22). The van der Waals surface area contributed by atoms with Crippen LogP contribution in [-0.2, 0) is 6.42 Å². The second-order valence-electron chi connectivity index (χ2n) is 6.49. The van der Waals surface area contributed by atoms with E-state index in [9.17, 15) is 4.79 Å². The molecule has 2 aromatic rings. The van der Waals surface area contributed by atoms with Gasteiger partial charge in [0.25, 0.3) is 5.24 Å². The normalized spacial score (nSPS) is 11.3. The summed E-state index contributed by atoms with van der Waals surface area (Å²) in [4.78, 5) is 12.0. The Kier molecular flexibility index (Phi) is 5.89. The molecule has 2 nitrogen and oxygen atoms in total. The molecule has 0 saturated carbocycles. The van der Waals surface area contributed by atoms with Gasteiger partial charge in [0.05, 0.1) is 0 Å². The summed E-state index contributed by atoms with van der Waals surface area (Å²) in [5.74, 6) is 0. The van der Waals surface area contributed by atoms with Crippen molar-refractivity contribution in [1.82, 2.24) is 0 Å². The molecule has 0 atom stereocenters. The van der Waals surface area contributed by atoms with Gasteiger partial charge in [-0.1, -0.05) is 74.5 Å². The zero-order valence-electron chi connectivity index (χ0n) is 14.3. The van der Waals surface area contributed by atoms with Crippen LogP contribution in [0.1, 0.15) is 43.9 Å². The zero-order valence-corrected chi connectivity index (χ0v) is 15.2. The average Bonchev–Trinajstić information content (AvgIpc) is 2.51. The lowest BCUT2D eigenvalue weighted by Crippen LogP contribution is -2.19. The highest BCUT2D eigenvalue weighted by Crippen LogP contribution is 2.29. The number of rotatable bonds is 5. The molecule has 122 valence electrons. The van der Waals surface area contributed by atoms with E-state index in [2.05, 4.69) is 69.4 Å². The molecule has 0 radical (unpaired) electrons. The maximum Gasteiger partial charge on any atom is 0.283 e. The Balaban J connectivity index is 1.94. The summed E-state index contributed by atoms with van der Waals surface area (Å²) in [7, 11) is 0. The van der Waals surface area contributed by atoms with Gasteiger partial charge in [0.1, 0.15) is 0 Å². The maximum absolute atomic E-state index is 12.0. The van der Waals surface area contributed by atoms with E-state index >= 15 is 0 Å². The van der Waals surface area contributed by atoms with Crippen molar-refractivity contribution < 1.29 is 4.79 Å². The highest BCUT2D eigenvalue weighted by molar-refractivity contribution is 8.15. The van der Waals surface area contributed by atoms with E-state index in [1.807, 2.05) is 12.1 Å². The quantitative estimate of drug-likeness (QED) is 0.725. The van der Waals surface area contributed by atoms with Gasteiger partial charge in [0.15, 0.2) is 0 Å². The number of carbonyl (C=O) groups is 1. The van der Waals surface area contributed by atoms with Crippen LogP contribution in [-0.4, -0.2) is 9.99 Å². The van der Waals surface area contributed by atoms with Crippen LogP contribution in [0.4, 0.5) is 10.5 Å². The van der Waals surface area contributed by atoms with Gasteiger partial charge in [0, 0.05) is 10.4 Å². The number of carbonyl (C=O) groups excluding carboxylic acids is 1. The molecule has 0 aliphatic heterocycles. The second kappa shape index (κ2) is 7.69. The zero-order chi connectivity index (χ0) is 16.9. The topological polar surface area (TPSA) is 29.1 Å². The molecule has 0 unspecified atom stereocenters. The third-order valence-corrected chi connectivity index (χ3v) is 5.08. The Morgan fingerprint density at radius 1 is 1.00 bits per heavy atom. The second-order valence-corrected chi connectivity index (χ2v) is 8.17. The first-order chi connectivity index (χ1) is 10.9. The van der Waals surface area contributed by atoms with Crippen molar-refractivity contribution in [3.8, 4) is 0 Å². The van der Waals surface area contributed by atoms with Gasteiger partial charge in [-0.3, -0.25) is 4.79 Å². The third-order valence-electron chi connectivity index (χ3n) is 3.95. The monoisotopic (exact) mass is 327 g/mol. The molecule has 23 heavy (non-hydrogen) atoms. The lowest BCUT2D eigenvalue weighted by Gasteiger charge is -2.20. The molecule has 0 aliphatic carbocycles. The largest absolute Gasteiger partial charge is 0.317 e. The summed E-state index contributed by atoms with van der Waals surface area (Å²) in [5.41, 5.74) is 4.67. The van der Waals surface area contributed by atoms with E-state index in [1.54, 1.807) is 0 Å². The van der Waals surface area contributed by atoms with Crippen LogP contribution in [0, 0.1) is 6.92 Å². The molecule has 0 spiro atoms. The number of anilines is 1. The van der Waals surface area contributed by atoms with Gasteiger partial charge < -0.3 is 5.32 Å². The molecule has 2 rings (SSSR count). The molecule has 0 aromatic heterocycles. The van der Waals surface area contributed by atoms with Gasteiger partial charge >= 0.3 is 0 Å². The van der Waals surface area contributed by atoms with E-state index in [1.165, 1.54) is 28.5 Å². The van der Waals surface area contributed by atoms with Crippen LogP contribution in [0.5, 0.6) is 0 Å². The molecule has 3 heteroatoms. The minimum atomic E-state index is -0.0323. The fraction of sp³-hybridized carbons (Fsp3) is 0.350. The Morgan fingerprint density at radius 2 is 1.52 bits per heavy atom. The lowest BCUT2D eigenvalue weighted by molar-refractivity contribution is 0.269. The van der Waals surface area contributed by atoms with E-state index in [-0.39, 0.29) is 9.99 Å². The van der Waals surface area contributed by atoms with Crippen molar-refractivity contribution in [2.24, 2.45) is 0 Å². The van der Waals surface area contributed by atoms with Crippen LogP contribution >= 0.6 is 11.8 Å². The molecule has 1 N–H and O–H groups in total. The van der Waals surface area contributed by atoms with Crippen molar-refractivity contribution in [3.05, 3.63) is 65.2 Å². The van der Waals surface area contributed by atoms with Crippen molar-refractivity contribution >= 4 is 22.7 Å². The van der Waals surface area contributed by atoms with Crippen molar-refractivity contribution in [3.63, 3.8) is 0 Å². The smallest absolute Gasteiger partial charge is 0.283 e. The number of nitrogens with one attached hydrogen (secondary N) is 1. The SMILES string of the molecule is CCC(C)(C)SC(=O)Nc1ccc(Cc2ccc(C)cc2)cc1. The van der Waals surface area contributed by atoms with Crippen LogP contribution in [0.2, 0.25) is 0 Å². The molecule has 0 fully saturated rings. The highest BCUT2D eigenvalue weighted by atomic mass is 32.2. The Labute approximate surface area is 143 Å². The molecule has 1 amide bonds. The van der Waals surface area contributed by atoms with Gasteiger partial charge in [0.2, 0.25) is 0 Å². The summed E-state index contributed by atoms with van der Waals surface area (Å²) in [6, 6.07) is 16.7. The first-order valence-corrected chi connectivity index (χ1v) is 8.84. The lowest BCUT2D eigenvalue weighted by atomic mass is 10.0. The van der Waals surface area contributed by atoms with Crippen LogP contribution in [0.15, 0.2) is 48.5 Å². The molecule has 0 saturated heterocycles. The van der Waals surface area contributed by atoms with Crippen LogP contribution < -0.4 is 5.32 Å². The minimum Gasteiger partial charge on any atom is -0.317 e.